The Morgan fingerprint density at radius 1 is 1.46 bits per heavy atom. The van der Waals surface area contributed by atoms with Crippen LogP contribution in [-0.4, -0.2) is 7.05 Å². The first-order chi connectivity index (χ1) is 6.32. The number of rotatable bonds is 1. The summed E-state index contributed by atoms with van der Waals surface area (Å²) in [5.41, 5.74) is 2.02. The van der Waals surface area contributed by atoms with Crippen LogP contribution >= 0.6 is 0 Å². The monoisotopic (exact) mass is 172 g/mol. The van der Waals surface area contributed by atoms with E-state index in [-0.39, 0.29) is 0 Å². The Morgan fingerprint density at radius 2 is 2.23 bits per heavy atom. The summed E-state index contributed by atoms with van der Waals surface area (Å²) < 4.78 is 0. The van der Waals surface area contributed by atoms with Crippen LogP contribution in [0, 0.1) is 11.3 Å². The summed E-state index contributed by atoms with van der Waals surface area (Å²) in [6.45, 7) is 0. The maximum atomic E-state index is 9.15. The summed E-state index contributed by atoms with van der Waals surface area (Å²) in [4.78, 5) is 0. The van der Waals surface area contributed by atoms with Crippen molar-refractivity contribution >= 4 is 0 Å². The van der Waals surface area contributed by atoms with E-state index in [9.17, 15) is 0 Å². The molecule has 0 saturated carbocycles. The Hall–Kier alpha value is -1.33. The molecule has 66 valence electrons. The second-order valence-corrected chi connectivity index (χ2v) is 3.42. The normalized spacial score (nSPS) is 25.2. The van der Waals surface area contributed by atoms with Gasteiger partial charge in [0.2, 0.25) is 0 Å². The highest BCUT2D eigenvalue weighted by Crippen LogP contribution is 2.35. The van der Waals surface area contributed by atoms with Crippen LogP contribution in [0.4, 0.5) is 0 Å². The summed E-state index contributed by atoms with van der Waals surface area (Å²) in [6, 6.07) is 10.5. The smallest absolute Gasteiger partial charge is 0.132 e. The van der Waals surface area contributed by atoms with Gasteiger partial charge in [-0.15, -0.1) is 0 Å². The van der Waals surface area contributed by atoms with Crippen LogP contribution in [0.2, 0.25) is 0 Å². The van der Waals surface area contributed by atoms with Gasteiger partial charge in [0.25, 0.3) is 0 Å². The van der Waals surface area contributed by atoms with Gasteiger partial charge in [-0.3, -0.25) is 5.32 Å². The molecule has 0 bridgehead atoms. The number of hydrogen-bond acceptors (Lipinski definition) is 2. The molecule has 0 radical (unpaired) electrons. The van der Waals surface area contributed by atoms with Crippen LogP contribution < -0.4 is 5.32 Å². The topological polar surface area (TPSA) is 35.8 Å². The first-order valence-electron chi connectivity index (χ1n) is 4.51. The van der Waals surface area contributed by atoms with Gasteiger partial charge in [0.1, 0.15) is 5.54 Å². The van der Waals surface area contributed by atoms with Gasteiger partial charge in [-0.25, -0.2) is 0 Å². The third-order valence-electron chi connectivity index (χ3n) is 2.86. The lowest BCUT2D eigenvalue weighted by atomic mass is 9.94. The van der Waals surface area contributed by atoms with E-state index < -0.39 is 5.54 Å². The van der Waals surface area contributed by atoms with E-state index in [2.05, 4.69) is 17.5 Å². The van der Waals surface area contributed by atoms with Crippen molar-refractivity contribution < 1.29 is 0 Å². The molecule has 1 aliphatic rings. The number of nitriles is 1. The zero-order valence-electron chi connectivity index (χ0n) is 7.67. The van der Waals surface area contributed by atoms with Crippen LogP contribution in [0.15, 0.2) is 24.3 Å². The van der Waals surface area contributed by atoms with E-state index in [1.807, 2.05) is 25.2 Å². The van der Waals surface area contributed by atoms with Gasteiger partial charge in [-0.05, 0) is 31.0 Å². The number of aryl methyl sites for hydroxylation is 1. The third-order valence-corrected chi connectivity index (χ3v) is 2.86. The number of fused-ring (bicyclic) bond motifs is 1. The summed E-state index contributed by atoms with van der Waals surface area (Å²) >= 11 is 0. The van der Waals surface area contributed by atoms with Gasteiger partial charge in [-0.1, -0.05) is 24.3 Å². The molecule has 1 aromatic rings. The van der Waals surface area contributed by atoms with Crippen molar-refractivity contribution in [1.29, 1.82) is 5.26 Å². The summed E-state index contributed by atoms with van der Waals surface area (Å²) in [7, 11) is 1.85. The van der Waals surface area contributed by atoms with E-state index in [0.29, 0.717) is 0 Å². The van der Waals surface area contributed by atoms with Gasteiger partial charge in [-0.2, -0.15) is 5.26 Å². The molecule has 0 amide bonds. The predicted molar refractivity (Wildman–Crippen MR) is 51.1 cm³/mol. The summed E-state index contributed by atoms with van der Waals surface area (Å²) in [5.74, 6) is 0. The third kappa shape index (κ3) is 1.05. The van der Waals surface area contributed by atoms with E-state index in [1.165, 1.54) is 5.56 Å². The van der Waals surface area contributed by atoms with Crippen LogP contribution in [0.1, 0.15) is 17.5 Å². The first-order valence-corrected chi connectivity index (χ1v) is 4.51. The highest BCUT2D eigenvalue weighted by atomic mass is 14.9. The molecule has 0 fully saturated rings. The molecule has 1 N–H and O–H groups in total. The molecule has 1 unspecified atom stereocenters. The fourth-order valence-electron chi connectivity index (χ4n) is 2.04. The molecule has 2 heteroatoms. The molecule has 2 nitrogen and oxygen atoms in total. The predicted octanol–water partition coefficient (Wildman–Crippen LogP) is 1.57. The molecular formula is C11H12N2. The molecule has 0 aliphatic heterocycles. The molecule has 2 rings (SSSR count). The second kappa shape index (κ2) is 2.86. The number of nitrogens with one attached hydrogen (secondary N) is 1. The van der Waals surface area contributed by atoms with Gasteiger partial charge < -0.3 is 0 Å². The zero-order chi connectivity index (χ0) is 9.31. The van der Waals surface area contributed by atoms with E-state index in [0.717, 1.165) is 18.4 Å². The minimum atomic E-state index is -0.434. The molecule has 0 spiro atoms. The van der Waals surface area contributed by atoms with E-state index in [1.54, 1.807) is 0 Å². The number of benzene rings is 1. The molecule has 13 heavy (non-hydrogen) atoms. The van der Waals surface area contributed by atoms with Crippen LogP contribution in [0.3, 0.4) is 0 Å². The Kier molecular flexibility index (Phi) is 1.82. The fourth-order valence-corrected chi connectivity index (χ4v) is 2.04. The number of nitrogens with zero attached hydrogens (tertiary/aromatic N) is 1. The molecule has 1 atom stereocenters. The van der Waals surface area contributed by atoms with Crippen LogP contribution in [0.25, 0.3) is 0 Å². The lowest BCUT2D eigenvalue weighted by Crippen LogP contribution is -2.35. The Labute approximate surface area is 78.2 Å². The maximum absolute atomic E-state index is 9.15. The highest BCUT2D eigenvalue weighted by Gasteiger charge is 2.36. The summed E-state index contributed by atoms with van der Waals surface area (Å²) in [5, 5.41) is 12.3. The molecule has 1 aliphatic carbocycles. The van der Waals surface area contributed by atoms with Crippen molar-refractivity contribution in [3.05, 3.63) is 35.4 Å². The summed E-state index contributed by atoms with van der Waals surface area (Å²) in [6.07, 6.45) is 1.89. The quantitative estimate of drug-likeness (QED) is 0.698. The maximum Gasteiger partial charge on any atom is 0.132 e. The molecule has 0 saturated heterocycles. The molecule has 1 aromatic carbocycles. The lowest BCUT2D eigenvalue weighted by Gasteiger charge is -2.20. The molecule has 0 heterocycles. The Bertz CT molecular complexity index is 365. The van der Waals surface area contributed by atoms with Crippen molar-refractivity contribution in [3.63, 3.8) is 0 Å². The average molecular weight is 172 g/mol. The second-order valence-electron chi connectivity index (χ2n) is 3.42. The van der Waals surface area contributed by atoms with Gasteiger partial charge in [0, 0.05) is 0 Å². The Morgan fingerprint density at radius 3 is 2.92 bits per heavy atom. The molecular weight excluding hydrogens is 160 g/mol. The zero-order valence-corrected chi connectivity index (χ0v) is 7.67. The highest BCUT2D eigenvalue weighted by molar-refractivity contribution is 5.43. The van der Waals surface area contributed by atoms with Gasteiger partial charge in [0.05, 0.1) is 6.07 Å². The Balaban J connectivity index is 2.55. The van der Waals surface area contributed by atoms with Crippen molar-refractivity contribution in [2.75, 3.05) is 7.05 Å². The number of hydrogen-bond donors (Lipinski definition) is 1. The average Bonchev–Trinajstić information content (AvgIpc) is 2.58. The van der Waals surface area contributed by atoms with Crippen molar-refractivity contribution in [2.24, 2.45) is 0 Å². The van der Waals surface area contributed by atoms with Crippen molar-refractivity contribution in [3.8, 4) is 6.07 Å². The lowest BCUT2D eigenvalue weighted by molar-refractivity contribution is 0.467. The first kappa shape index (κ1) is 8.28. The van der Waals surface area contributed by atoms with Crippen LogP contribution in [0.5, 0.6) is 0 Å². The van der Waals surface area contributed by atoms with E-state index in [4.69, 9.17) is 5.26 Å². The van der Waals surface area contributed by atoms with Crippen LogP contribution in [-0.2, 0) is 12.0 Å². The fraction of sp³-hybridized carbons (Fsp3) is 0.364. The standard InChI is InChI=1S/C11H12N2/c1-13-11(8-12)7-6-9-4-2-3-5-10(9)11/h2-5,13H,6-7H2,1H3. The van der Waals surface area contributed by atoms with Gasteiger partial charge in [0.15, 0.2) is 0 Å². The minimum absolute atomic E-state index is 0.434. The SMILES string of the molecule is CNC1(C#N)CCc2ccccc21. The van der Waals surface area contributed by atoms with Gasteiger partial charge >= 0.3 is 0 Å². The van der Waals surface area contributed by atoms with E-state index >= 15 is 0 Å². The largest absolute Gasteiger partial charge is 0.299 e. The van der Waals surface area contributed by atoms with Crippen molar-refractivity contribution in [2.45, 2.75) is 18.4 Å². The molecule has 0 aromatic heterocycles. The van der Waals surface area contributed by atoms with Crippen molar-refractivity contribution in [1.82, 2.24) is 5.32 Å². The minimum Gasteiger partial charge on any atom is -0.299 e.